The van der Waals surface area contributed by atoms with E-state index < -0.39 is 42.7 Å². The fourth-order valence-electron chi connectivity index (χ4n) is 3.64. The van der Waals surface area contributed by atoms with Crippen LogP contribution in [0.2, 0.25) is 0 Å². The van der Waals surface area contributed by atoms with Crippen LogP contribution in [-0.4, -0.2) is 47.9 Å². The third kappa shape index (κ3) is 8.56. The number of hydrogen-bond donors (Lipinski definition) is 3. The lowest BCUT2D eigenvalue weighted by molar-refractivity contribution is -0.274. The van der Waals surface area contributed by atoms with E-state index in [4.69, 9.17) is 4.74 Å². The van der Waals surface area contributed by atoms with Crippen molar-refractivity contribution in [3.05, 3.63) is 77.9 Å². The van der Waals surface area contributed by atoms with Gasteiger partial charge >= 0.3 is 18.8 Å². The number of aryl methyl sites for hydroxylation is 1. The van der Waals surface area contributed by atoms with Crippen molar-refractivity contribution >= 4 is 51.8 Å². The third-order valence-corrected chi connectivity index (χ3v) is 6.49. The van der Waals surface area contributed by atoms with Gasteiger partial charge in [-0.2, -0.15) is 9.38 Å². The van der Waals surface area contributed by atoms with Gasteiger partial charge in [0.15, 0.2) is 5.17 Å². The highest BCUT2D eigenvalue weighted by molar-refractivity contribution is 8.15. The number of hydrazine groups is 1. The number of carbonyl (C=O) groups excluding carboxylic acids is 3. The monoisotopic (exact) mass is 641 g/mol. The summed E-state index contributed by atoms with van der Waals surface area (Å²) in [7, 11) is 0. The number of thioether (sulfide) groups is 1. The van der Waals surface area contributed by atoms with Crippen molar-refractivity contribution in [3.8, 4) is 11.5 Å². The lowest BCUT2D eigenvalue weighted by Crippen LogP contribution is -2.31. The minimum atomic E-state index is -4.86. The van der Waals surface area contributed by atoms with E-state index in [1.807, 2.05) is 0 Å². The molecule has 1 atom stereocenters. The maximum absolute atomic E-state index is 13.6. The first-order chi connectivity index (χ1) is 20.8. The minimum absolute atomic E-state index is 0.0511. The molecule has 3 aromatic rings. The zero-order valence-electron chi connectivity index (χ0n) is 22.3. The summed E-state index contributed by atoms with van der Waals surface area (Å²) in [4.78, 5) is 42.4. The van der Waals surface area contributed by atoms with Gasteiger partial charge in [0.2, 0.25) is 5.91 Å². The van der Waals surface area contributed by atoms with E-state index in [0.717, 1.165) is 40.9 Å². The number of amides is 4. The number of alkyl halides is 6. The van der Waals surface area contributed by atoms with Gasteiger partial charge in [-0.15, -0.1) is 13.2 Å². The molecular weight excluding hydrogens is 620 g/mol. The highest BCUT2D eigenvalue weighted by Crippen LogP contribution is 2.36. The van der Waals surface area contributed by atoms with Crippen LogP contribution in [0.5, 0.6) is 11.5 Å². The van der Waals surface area contributed by atoms with Crippen LogP contribution in [0.15, 0.2) is 71.7 Å². The minimum Gasteiger partial charge on any atom is -0.452 e. The predicted octanol–water partition coefficient (Wildman–Crippen LogP) is 6.26. The molecule has 0 aliphatic carbocycles. The molecule has 1 aliphatic heterocycles. The Morgan fingerprint density at radius 1 is 0.977 bits per heavy atom. The number of urea groups is 1. The van der Waals surface area contributed by atoms with E-state index in [9.17, 15) is 40.7 Å². The van der Waals surface area contributed by atoms with Crippen molar-refractivity contribution in [2.24, 2.45) is 4.99 Å². The summed E-state index contributed by atoms with van der Waals surface area (Å²) in [6.45, 7) is 1.66. The molecule has 4 amide bonds. The largest absolute Gasteiger partial charge is 0.573 e. The van der Waals surface area contributed by atoms with Crippen molar-refractivity contribution in [1.29, 1.82) is 0 Å². The maximum atomic E-state index is 13.6. The second kappa shape index (κ2) is 13.6. The number of nitrogens with zero attached hydrogens (tertiary/aromatic N) is 2. The summed E-state index contributed by atoms with van der Waals surface area (Å²) in [6, 6.07) is 13.4. The molecule has 0 spiro atoms. The zero-order valence-corrected chi connectivity index (χ0v) is 23.1. The number of benzene rings is 3. The van der Waals surface area contributed by atoms with Crippen LogP contribution >= 0.6 is 11.8 Å². The van der Waals surface area contributed by atoms with E-state index in [2.05, 4.69) is 25.9 Å². The van der Waals surface area contributed by atoms with Crippen LogP contribution in [-0.2, 0) is 4.79 Å². The van der Waals surface area contributed by atoms with E-state index >= 15 is 0 Å². The Hall–Kier alpha value is -4.93. The van der Waals surface area contributed by atoms with Crippen LogP contribution < -0.4 is 30.5 Å². The first-order valence-electron chi connectivity index (χ1n) is 12.4. The fourth-order valence-corrected chi connectivity index (χ4v) is 4.50. The van der Waals surface area contributed by atoms with Gasteiger partial charge in [-0.3, -0.25) is 25.3 Å². The average Bonchev–Trinajstić information content (AvgIpc) is 3.31. The standard InChI is InChI=1S/C27H21F6N5O5S/c1-14-2-11-20(42-23(30)22(28)29)19(12-14)38-21(39)13-44-26(38)35-25(41)34-16-5-7-17(8-6-16)36-37-24(40)15-3-9-18(10-4-15)43-27(31,32)33/h2-12,22-23,36H,13H2,1H3,(H,34,41)(H,37,40). The molecule has 0 saturated carbocycles. The van der Waals surface area contributed by atoms with E-state index in [1.54, 1.807) is 6.92 Å². The molecule has 1 unspecified atom stereocenters. The lowest BCUT2D eigenvalue weighted by Gasteiger charge is -2.21. The predicted molar refractivity (Wildman–Crippen MR) is 150 cm³/mol. The molecule has 1 saturated heterocycles. The molecular formula is C27H21F6N5O5S. The average molecular weight is 642 g/mol. The van der Waals surface area contributed by atoms with Crippen molar-refractivity contribution in [3.63, 3.8) is 0 Å². The first-order valence-corrected chi connectivity index (χ1v) is 13.3. The second-order valence-electron chi connectivity index (χ2n) is 8.85. The summed E-state index contributed by atoms with van der Waals surface area (Å²) >= 11 is 0.906. The SMILES string of the molecule is Cc1ccc(OC(F)C(F)F)c(N2C(=O)CSC2=NC(=O)Nc2ccc(NNC(=O)c3ccc(OC(F)(F)F)cc3)cc2)c1. The number of anilines is 3. The molecule has 44 heavy (non-hydrogen) atoms. The van der Waals surface area contributed by atoms with Crippen molar-refractivity contribution in [2.45, 2.75) is 26.1 Å². The molecule has 0 radical (unpaired) electrons. The van der Waals surface area contributed by atoms with Gasteiger partial charge in [0.05, 0.1) is 17.1 Å². The summed E-state index contributed by atoms with van der Waals surface area (Å²) in [5.74, 6) is -2.12. The quantitative estimate of drug-likeness (QED) is 0.186. The molecule has 1 fully saturated rings. The van der Waals surface area contributed by atoms with Gasteiger partial charge in [-0.05, 0) is 73.2 Å². The summed E-state index contributed by atoms with van der Waals surface area (Å²) in [5, 5.41) is 2.40. The second-order valence-corrected chi connectivity index (χ2v) is 9.79. The van der Waals surface area contributed by atoms with E-state index in [-0.39, 0.29) is 33.6 Å². The number of aliphatic imine (C=N–C) groups is 1. The third-order valence-electron chi connectivity index (χ3n) is 5.56. The fraction of sp³-hybridized carbons (Fsp3) is 0.185. The van der Waals surface area contributed by atoms with Gasteiger partial charge < -0.3 is 14.8 Å². The van der Waals surface area contributed by atoms with Gasteiger partial charge in [0.25, 0.3) is 12.3 Å². The molecule has 10 nitrogen and oxygen atoms in total. The van der Waals surface area contributed by atoms with Crippen molar-refractivity contribution in [2.75, 3.05) is 21.4 Å². The Bertz CT molecular complexity index is 1550. The normalized spacial score (nSPS) is 14.9. The molecule has 1 aliphatic rings. The molecule has 0 bridgehead atoms. The Morgan fingerprint density at radius 2 is 1.64 bits per heavy atom. The molecule has 232 valence electrons. The Morgan fingerprint density at radius 3 is 2.27 bits per heavy atom. The van der Waals surface area contributed by atoms with Gasteiger partial charge in [-0.25, -0.2) is 13.6 Å². The van der Waals surface area contributed by atoms with Crippen LogP contribution in [0.1, 0.15) is 15.9 Å². The topological polar surface area (TPSA) is 121 Å². The Balaban J connectivity index is 1.37. The summed E-state index contributed by atoms with van der Waals surface area (Å²) in [5.41, 5.74) is 6.22. The van der Waals surface area contributed by atoms with Crippen LogP contribution in [0, 0.1) is 6.92 Å². The van der Waals surface area contributed by atoms with E-state index in [1.165, 1.54) is 42.5 Å². The van der Waals surface area contributed by atoms with Gasteiger partial charge in [0.1, 0.15) is 11.5 Å². The maximum Gasteiger partial charge on any atom is 0.573 e. The first kappa shape index (κ1) is 32.0. The van der Waals surface area contributed by atoms with Crippen LogP contribution in [0.4, 0.5) is 48.2 Å². The Kier molecular flexibility index (Phi) is 9.87. The van der Waals surface area contributed by atoms with Crippen LogP contribution in [0.3, 0.4) is 0 Å². The molecule has 3 aromatic carbocycles. The number of hydrogen-bond acceptors (Lipinski definition) is 7. The molecule has 1 heterocycles. The lowest BCUT2D eigenvalue weighted by atomic mass is 10.2. The Labute approximate surface area is 249 Å². The number of amidine groups is 1. The number of carbonyl (C=O) groups is 3. The van der Waals surface area contributed by atoms with Gasteiger partial charge in [0, 0.05) is 11.3 Å². The molecule has 3 N–H and O–H groups in total. The van der Waals surface area contributed by atoms with Crippen molar-refractivity contribution < 1.29 is 50.2 Å². The smallest absolute Gasteiger partial charge is 0.452 e. The summed E-state index contributed by atoms with van der Waals surface area (Å²) < 4.78 is 84.4. The number of rotatable bonds is 9. The molecule has 17 heteroatoms. The summed E-state index contributed by atoms with van der Waals surface area (Å²) in [6.07, 6.45) is -11.2. The van der Waals surface area contributed by atoms with Crippen LogP contribution in [0.25, 0.3) is 0 Å². The zero-order chi connectivity index (χ0) is 32.0. The molecule has 4 rings (SSSR count). The highest BCUT2D eigenvalue weighted by Gasteiger charge is 2.34. The number of ether oxygens (including phenoxy) is 2. The highest BCUT2D eigenvalue weighted by atomic mass is 32.2. The van der Waals surface area contributed by atoms with Gasteiger partial charge in [-0.1, -0.05) is 17.8 Å². The van der Waals surface area contributed by atoms with E-state index in [0.29, 0.717) is 11.3 Å². The molecule has 0 aromatic heterocycles. The number of halogens is 6. The van der Waals surface area contributed by atoms with Crippen molar-refractivity contribution in [1.82, 2.24) is 5.43 Å². The number of nitrogens with one attached hydrogen (secondary N) is 3.